The molecule has 0 heterocycles. The van der Waals surface area contributed by atoms with Crippen molar-refractivity contribution in [3.8, 4) is 22.9 Å². The number of benzene rings is 2. The van der Waals surface area contributed by atoms with Gasteiger partial charge in [-0.25, -0.2) is 4.79 Å². The number of ether oxygens (including phenoxy) is 2. The van der Waals surface area contributed by atoms with Gasteiger partial charge in [-0.2, -0.15) is 5.26 Å². The van der Waals surface area contributed by atoms with Crippen molar-refractivity contribution in [1.29, 1.82) is 5.26 Å². The number of nitrogens with zero attached hydrogens (tertiary/aromatic N) is 1. The Hall–Kier alpha value is -2.80. The van der Waals surface area contributed by atoms with E-state index >= 15 is 0 Å². The number of nitriles is 1. The Morgan fingerprint density at radius 1 is 0.795 bits per heavy atom. The van der Waals surface area contributed by atoms with Crippen LogP contribution < -0.4 is 4.74 Å². The largest absolute Gasteiger partial charge is 0.494 e. The third-order valence-electron chi connectivity index (χ3n) is 8.23. The fraction of sp³-hybridized carbons (Fsp3) is 0.600. The molecule has 3 rings (SSSR count). The molecule has 4 heteroatoms. The molecule has 0 spiro atoms. The summed E-state index contributed by atoms with van der Waals surface area (Å²) in [6.45, 7) is 5.23. The quantitative estimate of drug-likeness (QED) is 0.150. The maximum atomic E-state index is 12.8. The van der Waals surface area contributed by atoms with Gasteiger partial charge in [0, 0.05) is 0 Å². The van der Waals surface area contributed by atoms with Crippen LogP contribution in [0.1, 0.15) is 127 Å². The molecule has 0 aliphatic heterocycles. The van der Waals surface area contributed by atoms with E-state index in [4.69, 9.17) is 9.47 Å². The summed E-state index contributed by atoms with van der Waals surface area (Å²) in [6, 6.07) is 18.4. The fourth-order valence-corrected chi connectivity index (χ4v) is 5.58. The highest BCUT2D eigenvalue weighted by molar-refractivity contribution is 5.90. The van der Waals surface area contributed by atoms with E-state index in [1.165, 1.54) is 57.8 Å². The third-order valence-corrected chi connectivity index (χ3v) is 8.23. The Morgan fingerprint density at radius 2 is 1.33 bits per heavy atom. The number of carbonyl (C=O) groups is 1. The van der Waals surface area contributed by atoms with Crippen LogP contribution in [-0.4, -0.2) is 18.7 Å². The van der Waals surface area contributed by atoms with Crippen molar-refractivity contribution in [2.24, 2.45) is 5.41 Å². The summed E-state index contributed by atoms with van der Waals surface area (Å²) in [5, 5.41) is 9.84. The van der Waals surface area contributed by atoms with E-state index in [0.717, 1.165) is 68.4 Å². The van der Waals surface area contributed by atoms with Crippen LogP contribution in [-0.2, 0) is 4.74 Å². The van der Waals surface area contributed by atoms with Crippen LogP contribution in [0.3, 0.4) is 0 Å². The molecule has 0 unspecified atom stereocenters. The summed E-state index contributed by atoms with van der Waals surface area (Å²) in [6.07, 6.45) is 17.7. The van der Waals surface area contributed by atoms with Crippen LogP contribution in [0.4, 0.5) is 0 Å². The maximum absolute atomic E-state index is 12.8. The fourth-order valence-electron chi connectivity index (χ4n) is 5.58. The molecule has 0 radical (unpaired) electrons. The molecule has 2 aromatic carbocycles. The number of unbranched alkanes of at least 4 members (excludes halogenated alkanes) is 9. The van der Waals surface area contributed by atoms with Gasteiger partial charge in [0.2, 0.25) is 0 Å². The number of carbonyl (C=O) groups excluding carboxylic acids is 1. The smallest absolute Gasteiger partial charge is 0.338 e. The Kier molecular flexibility index (Phi) is 13.4. The third kappa shape index (κ3) is 10.4. The lowest BCUT2D eigenvalue weighted by Gasteiger charge is -2.34. The molecule has 0 saturated heterocycles. The first-order valence-electron chi connectivity index (χ1n) is 15.5. The first-order chi connectivity index (χ1) is 19.1. The second kappa shape index (κ2) is 17.0. The maximum Gasteiger partial charge on any atom is 0.338 e. The summed E-state index contributed by atoms with van der Waals surface area (Å²) >= 11 is 0. The highest BCUT2D eigenvalue weighted by atomic mass is 16.5. The Bertz CT molecular complexity index is 998. The lowest BCUT2D eigenvalue weighted by atomic mass is 9.71. The average molecular weight is 532 g/mol. The summed E-state index contributed by atoms with van der Waals surface area (Å²) < 4.78 is 11.7. The predicted octanol–water partition coefficient (Wildman–Crippen LogP) is 10.1. The van der Waals surface area contributed by atoms with Crippen LogP contribution in [0.2, 0.25) is 0 Å². The van der Waals surface area contributed by atoms with E-state index in [1.807, 2.05) is 36.4 Å². The summed E-state index contributed by atoms with van der Waals surface area (Å²) in [7, 11) is 0. The lowest BCUT2D eigenvalue weighted by molar-refractivity contribution is 0.0105. The standard InChI is InChI=1S/C35H49NO3/c1-3-5-7-9-11-13-27-38-32-20-18-30(19-21-32)29-14-16-31(17-15-29)34(37)39-33-22-25-35(28-36,26-23-33)24-12-10-8-6-4-2/h14-21,33H,3-13,22-27H2,1-2H3. The van der Waals surface area contributed by atoms with Gasteiger partial charge in [0.25, 0.3) is 0 Å². The van der Waals surface area contributed by atoms with E-state index in [-0.39, 0.29) is 17.5 Å². The first-order valence-corrected chi connectivity index (χ1v) is 15.5. The molecule has 0 atom stereocenters. The van der Waals surface area contributed by atoms with Gasteiger partial charge >= 0.3 is 5.97 Å². The zero-order valence-electron chi connectivity index (χ0n) is 24.4. The normalized spacial score (nSPS) is 18.8. The number of esters is 1. The summed E-state index contributed by atoms with van der Waals surface area (Å²) in [5.41, 5.74) is 2.50. The molecule has 212 valence electrons. The zero-order valence-corrected chi connectivity index (χ0v) is 24.4. The Morgan fingerprint density at radius 3 is 1.92 bits per heavy atom. The van der Waals surface area contributed by atoms with Gasteiger partial charge in [-0.3, -0.25) is 0 Å². The topological polar surface area (TPSA) is 59.3 Å². The van der Waals surface area contributed by atoms with Crippen molar-refractivity contribution in [3.05, 3.63) is 54.1 Å². The highest BCUT2D eigenvalue weighted by Crippen LogP contribution is 2.41. The van der Waals surface area contributed by atoms with Gasteiger partial charge < -0.3 is 9.47 Å². The molecule has 1 saturated carbocycles. The Balaban J connectivity index is 1.41. The molecule has 1 aliphatic rings. The predicted molar refractivity (Wildman–Crippen MR) is 160 cm³/mol. The van der Waals surface area contributed by atoms with E-state index in [0.29, 0.717) is 5.56 Å². The van der Waals surface area contributed by atoms with E-state index in [1.54, 1.807) is 0 Å². The number of hydrogen-bond acceptors (Lipinski definition) is 4. The summed E-state index contributed by atoms with van der Waals surface area (Å²) in [5.74, 6) is 0.630. The van der Waals surface area contributed by atoms with Crippen molar-refractivity contribution < 1.29 is 14.3 Å². The molecule has 0 aromatic heterocycles. The minimum absolute atomic E-state index is 0.0948. The first kappa shape index (κ1) is 30.7. The van der Waals surface area contributed by atoms with Gasteiger partial charge in [-0.1, -0.05) is 102 Å². The van der Waals surface area contributed by atoms with Gasteiger partial charge in [0.1, 0.15) is 11.9 Å². The number of rotatable bonds is 17. The van der Waals surface area contributed by atoms with E-state index in [9.17, 15) is 10.1 Å². The SMILES string of the molecule is CCCCCCCCOc1ccc(-c2ccc(C(=O)OC3CCC(C#N)(CCCCCCC)CC3)cc2)cc1. The molecule has 1 fully saturated rings. The zero-order chi connectivity index (χ0) is 27.8. The van der Waals surface area contributed by atoms with Gasteiger partial charge in [-0.15, -0.1) is 0 Å². The van der Waals surface area contributed by atoms with E-state index < -0.39 is 0 Å². The van der Waals surface area contributed by atoms with Crippen LogP contribution in [0.5, 0.6) is 5.75 Å². The average Bonchev–Trinajstić information content (AvgIpc) is 2.98. The second-order valence-electron chi connectivity index (χ2n) is 11.4. The minimum atomic E-state index is -0.269. The van der Waals surface area contributed by atoms with Crippen molar-refractivity contribution in [1.82, 2.24) is 0 Å². The van der Waals surface area contributed by atoms with Crippen LogP contribution in [0, 0.1) is 16.7 Å². The van der Waals surface area contributed by atoms with E-state index in [2.05, 4.69) is 32.0 Å². The highest BCUT2D eigenvalue weighted by Gasteiger charge is 2.36. The molecule has 39 heavy (non-hydrogen) atoms. The van der Waals surface area contributed by atoms with Crippen molar-refractivity contribution in [3.63, 3.8) is 0 Å². The summed E-state index contributed by atoms with van der Waals surface area (Å²) in [4.78, 5) is 12.8. The molecule has 4 nitrogen and oxygen atoms in total. The molecule has 0 N–H and O–H groups in total. The van der Waals surface area contributed by atoms with Crippen molar-refractivity contribution in [2.75, 3.05) is 6.61 Å². The van der Waals surface area contributed by atoms with Crippen LogP contribution in [0.15, 0.2) is 48.5 Å². The molecule has 2 aromatic rings. The molecule has 0 amide bonds. The lowest BCUT2D eigenvalue weighted by Crippen LogP contribution is -2.31. The van der Waals surface area contributed by atoms with Crippen molar-refractivity contribution in [2.45, 2.75) is 123 Å². The van der Waals surface area contributed by atoms with Gasteiger partial charge in [-0.05, 0) is 73.9 Å². The number of hydrogen-bond donors (Lipinski definition) is 0. The minimum Gasteiger partial charge on any atom is -0.494 e. The Labute approximate surface area is 237 Å². The molecular weight excluding hydrogens is 482 g/mol. The second-order valence-corrected chi connectivity index (χ2v) is 11.4. The van der Waals surface area contributed by atoms with Gasteiger partial charge in [0.05, 0.1) is 23.7 Å². The van der Waals surface area contributed by atoms with Gasteiger partial charge in [0.15, 0.2) is 0 Å². The monoisotopic (exact) mass is 531 g/mol. The van der Waals surface area contributed by atoms with Crippen molar-refractivity contribution >= 4 is 5.97 Å². The van der Waals surface area contributed by atoms with Crippen LogP contribution in [0.25, 0.3) is 11.1 Å². The molecule has 0 bridgehead atoms. The molecule has 1 aliphatic carbocycles. The molecular formula is C35H49NO3. The van der Waals surface area contributed by atoms with Crippen LogP contribution >= 0.6 is 0 Å².